The number of carboxylic acids is 3. The SMILES string of the molecule is CN1C[C@H](Oc2ccc(S(=O)(=O)F)cc2)C[C@H]1COc1nc(N2CC3CCC(C3)C2)c2cnc(-c3cccc4cccc(Cl)c34)c(F)c2n1.O=C(O)C(F)(F)F.O=C(O)C(F)(F)F.O=C(O)C(F)(F)F. The molecule has 1 saturated carbocycles. The zero-order chi connectivity index (χ0) is 52.1. The Kier molecular flexibility index (Phi) is 17.0. The van der Waals surface area contributed by atoms with Crippen molar-refractivity contribution < 1.29 is 95.4 Å². The molecule has 8 rings (SSSR count). The predicted octanol–water partition coefficient (Wildman–Crippen LogP) is 8.96. The van der Waals surface area contributed by atoms with E-state index in [9.17, 15) is 51.8 Å². The minimum Gasteiger partial charge on any atom is -0.489 e. The number of nitrogens with zero attached hydrogens (tertiary/aromatic N) is 5. The Bertz CT molecular complexity index is 2750. The largest absolute Gasteiger partial charge is 0.490 e. The Morgan fingerprint density at radius 2 is 1.31 bits per heavy atom. The van der Waals surface area contributed by atoms with Gasteiger partial charge >= 0.3 is 52.7 Å². The van der Waals surface area contributed by atoms with Crippen molar-refractivity contribution in [1.82, 2.24) is 19.9 Å². The molecule has 2 aliphatic heterocycles. The predicted molar refractivity (Wildman–Crippen MR) is 225 cm³/mol. The Labute approximate surface area is 393 Å². The second-order valence-electron chi connectivity index (χ2n) is 15.8. The summed E-state index contributed by atoms with van der Waals surface area (Å²) < 4.78 is 160. The maximum Gasteiger partial charge on any atom is 0.490 e. The first-order valence-corrected chi connectivity index (χ1v) is 21.9. The number of carboxylic acid groups (broad SMARTS) is 3. The number of ether oxygens (including phenoxy) is 2. The van der Waals surface area contributed by atoms with Gasteiger partial charge in [0.2, 0.25) is 0 Å². The van der Waals surface area contributed by atoms with E-state index in [0.29, 0.717) is 52.3 Å². The molecule has 15 nitrogen and oxygen atoms in total. The number of hydrogen-bond donors (Lipinski definition) is 3. The Hall–Kier alpha value is -6.35. The van der Waals surface area contributed by atoms with Crippen molar-refractivity contribution >= 4 is 67.2 Å². The fraction of sp³-hybridized carbons (Fsp3) is 0.381. The van der Waals surface area contributed by atoms with E-state index in [4.69, 9.17) is 55.8 Å². The van der Waals surface area contributed by atoms with Crippen LogP contribution in [0.15, 0.2) is 71.8 Å². The van der Waals surface area contributed by atoms with Gasteiger partial charge in [-0.05, 0) is 73.9 Å². The number of benzene rings is 3. The summed E-state index contributed by atoms with van der Waals surface area (Å²) >= 11 is 6.61. The van der Waals surface area contributed by atoms with Crippen LogP contribution >= 0.6 is 11.6 Å². The number of rotatable bonds is 8. The van der Waals surface area contributed by atoms with Crippen LogP contribution in [-0.2, 0) is 24.6 Å². The number of carbonyl (C=O) groups is 3. The first-order valence-electron chi connectivity index (χ1n) is 20.2. The van der Waals surface area contributed by atoms with E-state index >= 15 is 4.39 Å². The average Bonchev–Trinajstić information content (AvgIpc) is 3.80. The number of aromatic nitrogens is 3. The van der Waals surface area contributed by atoms with Crippen molar-refractivity contribution in [1.29, 1.82) is 0 Å². The van der Waals surface area contributed by atoms with Crippen LogP contribution in [0.5, 0.6) is 11.8 Å². The molecule has 0 amide bonds. The van der Waals surface area contributed by atoms with Gasteiger partial charge in [0.15, 0.2) is 5.82 Å². The molecule has 3 aromatic carbocycles. The summed E-state index contributed by atoms with van der Waals surface area (Å²) in [6.45, 7) is 2.51. The molecule has 2 unspecified atom stereocenters. The highest BCUT2D eigenvalue weighted by atomic mass is 35.5. The number of fused-ring (bicyclic) bond motifs is 4. The van der Waals surface area contributed by atoms with E-state index in [1.807, 2.05) is 37.4 Å². The van der Waals surface area contributed by atoms with Crippen molar-refractivity contribution in [2.24, 2.45) is 11.8 Å². The second kappa shape index (κ2) is 21.7. The zero-order valence-electron chi connectivity index (χ0n) is 35.7. The molecular formula is C42H37ClF11N5O10S. The third kappa shape index (κ3) is 14.1. The van der Waals surface area contributed by atoms with Crippen LogP contribution < -0.4 is 14.4 Å². The summed E-state index contributed by atoms with van der Waals surface area (Å²) in [6.07, 6.45) is -9.61. The van der Waals surface area contributed by atoms with Gasteiger partial charge in [-0.3, -0.25) is 9.88 Å². The number of hydrogen-bond acceptors (Lipinski definition) is 12. The minimum absolute atomic E-state index is 0.0558. The minimum atomic E-state index is -5.08. The smallest absolute Gasteiger partial charge is 0.489 e. The van der Waals surface area contributed by atoms with Crippen molar-refractivity contribution in [2.45, 2.75) is 61.3 Å². The van der Waals surface area contributed by atoms with E-state index in [1.54, 1.807) is 12.3 Å². The van der Waals surface area contributed by atoms with E-state index in [-0.39, 0.29) is 36.0 Å². The van der Waals surface area contributed by atoms with Crippen molar-refractivity contribution in [3.8, 4) is 23.0 Å². The van der Waals surface area contributed by atoms with Crippen LogP contribution in [0.1, 0.15) is 25.7 Å². The Balaban J connectivity index is 0.000000364. The number of halogens is 12. The molecule has 1 aliphatic carbocycles. The van der Waals surface area contributed by atoms with Crippen molar-refractivity contribution in [3.63, 3.8) is 0 Å². The fourth-order valence-corrected chi connectivity index (χ4v) is 8.49. The maximum absolute atomic E-state index is 16.7. The van der Waals surface area contributed by atoms with Crippen LogP contribution in [0.3, 0.4) is 0 Å². The average molecular weight is 1050 g/mol. The summed E-state index contributed by atoms with van der Waals surface area (Å²) in [5, 5.41) is 24.0. The number of likely N-dealkylation sites (tertiary alicyclic amines) is 1. The third-order valence-corrected chi connectivity index (χ3v) is 12.0. The first kappa shape index (κ1) is 54.6. The van der Waals surface area contributed by atoms with Gasteiger partial charge in [-0.15, -0.1) is 3.89 Å². The fourth-order valence-electron chi connectivity index (χ4n) is 7.74. The standard InChI is InChI=1S/C36H34ClF2N5O4S.3C2HF3O2/c1-43-19-26(48-25-10-12-27(13-11-25)49(39,45)46)15-24(43)20-47-36-41-34-29(35(42-36)44-17-21-8-9-22(14-21)18-44)16-40-33(32(34)38)28-6-2-4-23-5-3-7-30(37)31(23)28;3*3-2(4,5)1(6)7/h2-7,10-13,16,21-22,24,26H,8-9,14-15,17-20H2,1H3;3*(H,6,7)/t21?,22?,24-,26+;;;/m0.../s1. The van der Waals surface area contributed by atoms with Gasteiger partial charge in [0.25, 0.3) is 0 Å². The van der Waals surface area contributed by atoms with Gasteiger partial charge in [0.1, 0.15) is 35.5 Å². The topological polar surface area (TPSA) is 210 Å². The van der Waals surface area contributed by atoms with E-state index in [2.05, 4.69) is 19.8 Å². The molecule has 5 aromatic rings. The monoisotopic (exact) mass is 1050 g/mol. The Morgan fingerprint density at radius 1 is 0.786 bits per heavy atom. The van der Waals surface area contributed by atoms with Crippen LogP contribution in [0.25, 0.3) is 32.9 Å². The molecule has 2 saturated heterocycles. The highest BCUT2D eigenvalue weighted by Crippen LogP contribution is 2.41. The maximum atomic E-state index is 16.7. The molecule has 4 atom stereocenters. The van der Waals surface area contributed by atoms with Gasteiger partial charge in [-0.25, -0.2) is 18.8 Å². The number of alkyl halides is 9. The van der Waals surface area contributed by atoms with E-state index in [0.717, 1.165) is 23.9 Å². The van der Waals surface area contributed by atoms with Gasteiger partial charge in [-0.1, -0.05) is 41.9 Å². The molecular weight excluding hydrogens is 1010 g/mol. The van der Waals surface area contributed by atoms with Gasteiger partial charge in [-0.2, -0.15) is 57.9 Å². The molecule has 3 fully saturated rings. The highest BCUT2D eigenvalue weighted by Gasteiger charge is 2.40. The molecule has 3 N–H and O–H groups in total. The third-order valence-electron chi connectivity index (χ3n) is 10.8. The van der Waals surface area contributed by atoms with Crippen molar-refractivity contribution in [3.05, 3.63) is 77.7 Å². The lowest BCUT2D eigenvalue weighted by Crippen LogP contribution is -2.37. The summed E-state index contributed by atoms with van der Waals surface area (Å²) in [6, 6.07) is 16.5. The molecule has 4 heterocycles. The number of aliphatic carboxylic acids is 3. The lowest BCUT2D eigenvalue weighted by atomic mass is 9.98. The number of anilines is 1. The molecule has 2 aromatic heterocycles. The lowest BCUT2D eigenvalue weighted by molar-refractivity contribution is -0.193. The second-order valence-corrected chi connectivity index (χ2v) is 17.6. The normalized spacial score (nSPS) is 19.2. The number of pyridine rings is 1. The molecule has 2 bridgehead atoms. The zero-order valence-corrected chi connectivity index (χ0v) is 37.3. The van der Waals surface area contributed by atoms with Gasteiger partial charge < -0.3 is 29.7 Å². The highest BCUT2D eigenvalue weighted by molar-refractivity contribution is 7.86. The number of likely N-dealkylation sites (N-methyl/N-ethyl adjacent to an activating group) is 1. The van der Waals surface area contributed by atoms with Gasteiger partial charge in [0, 0.05) is 54.3 Å². The quantitative estimate of drug-likeness (QED) is 0.0979. The molecule has 28 heteroatoms. The van der Waals surface area contributed by atoms with E-state index in [1.165, 1.54) is 43.5 Å². The first-order chi connectivity index (χ1) is 32.4. The number of piperidine rings is 1. The lowest BCUT2D eigenvalue weighted by Gasteiger charge is -2.33. The summed E-state index contributed by atoms with van der Waals surface area (Å²) in [7, 11) is -2.82. The molecule has 3 aliphatic rings. The summed E-state index contributed by atoms with van der Waals surface area (Å²) in [4.78, 5) is 44.7. The summed E-state index contributed by atoms with van der Waals surface area (Å²) in [5.74, 6) is -6.61. The van der Waals surface area contributed by atoms with Gasteiger partial charge in [0.05, 0.1) is 10.3 Å². The van der Waals surface area contributed by atoms with Crippen LogP contribution in [-0.4, -0.2) is 125 Å². The van der Waals surface area contributed by atoms with E-state index < -0.39 is 57.4 Å². The Morgan fingerprint density at radius 3 is 1.83 bits per heavy atom. The molecule has 0 spiro atoms. The van der Waals surface area contributed by atoms with Crippen molar-refractivity contribution in [2.75, 3.05) is 38.2 Å². The van der Waals surface area contributed by atoms with Crippen LogP contribution in [0.4, 0.5) is 53.6 Å². The molecule has 380 valence electrons. The molecule has 0 radical (unpaired) electrons. The summed E-state index contributed by atoms with van der Waals surface area (Å²) in [5.41, 5.74) is 0.889. The molecule has 70 heavy (non-hydrogen) atoms. The van der Waals surface area contributed by atoms with Crippen LogP contribution in [0, 0.1) is 17.7 Å². The van der Waals surface area contributed by atoms with Crippen LogP contribution in [0.2, 0.25) is 5.02 Å².